The summed E-state index contributed by atoms with van der Waals surface area (Å²) < 4.78 is 26.7. The molecule has 0 saturated heterocycles. The lowest BCUT2D eigenvalue weighted by atomic mass is 9.98. The Hall–Kier alpha value is -0.820. The number of halogens is 2. The Morgan fingerprint density at radius 1 is 1.40 bits per heavy atom. The molecule has 1 aromatic carbocycles. The van der Waals surface area contributed by atoms with Crippen LogP contribution in [0, 0.1) is 0 Å². The SMILES string of the molecule is CCCC(C)(NS(=O)(=O)c1cccc(Cl)c1Cl)C(=O)O. The van der Waals surface area contributed by atoms with Crippen LogP contribution in [0.3, 0.4) is 0 Å². The van der Waals surface area contributed by atoms with Crippen molar-refractivity contribution in [3.63, 3.8) is 0 Å². The second kappa shape index (κ2) is 6.30. The molecule has 0 radical (unpaired) electrons. The molecule has 0 heterocycles. The molecule has 0 saturated carbocycles. The summed E-state index contributed by atoms with van der Waals surface area (Å²) in [4.78, 5) is 11.0. The molecule has 0 aliphatic heterocycles. The number of hydrogen-bond acceptors (Lipinski definition) is 3. The smallest absolute Gasteiger partial charge is 0.324 e. The van der Waals surface area contributed by atoms with Gasteiger partial charge in [-0.2, -0.15) is 4.72 Å². The average Bonchev–Trinajstić information content (AvgIpc) is 2.31. The Labute approximate surface area is 127 Å². The van der Waals surface area contributed by atoms with Gasteiger partial charge in [-0.15, -0.1) is 0 Å². The number of benzene rings is 1. The Morgan fingerprint density at radius 2 is 2.00 bits per heavy atom. The zero-order valence-electron chi connectivity index (χ0n) is 11.0. The fraction of sp³-hybridized carbons (Fsp3) is 0.417. The van der Waals surface area contributed by atoms with E-state index in [-0.39, 0.29) is 21.4 Å². The summed E-state index contributed by atoms with van der Waals surface area (Å²) in [5.41, 5.74) is -1.60. The summed E-state index contributed by atoms with van der Waals surface area (Å²) in [5, 5.41) is 9.16. The van der Waals surface area contributed by atoms with Gasteiger partial charge in [-0.25, -0.2) is 8.42 Å². The molecule has 1 rings (SSSR count). The molecule has 5 nitrogen and oxygen atoms in total. The van der Waals surface area contributed by atoms with Gasteiger partial charge in [0.2, 0.25) is 10.0 Å². The predicted octanol–water partition coefficient (Wildman–Crippen LogP) is 2.92. The van der Waals surface area contributed by atoms with Gasteiger partial charge in [0, 0.05) is 0 Å². The van der Waals surface area contributed by atoms with Crippen LogP contribution in [0.15, 0.2) is 23.1 Å². The summed E-state index contributed by atoms with van der Waals surface area (Å²) in [6.07, 6.45) is 0.661. The van der Waals surface area contributed by atoms with E-state index in [0.29, 0.717) is 6.42 Å². The highest BCUT2D eigenvalue weighted by Gasteiger charge is 2.37. The summed E-state index contributed by atoms with van der Waals surface area (Å²) in [6.45, 7) is 3.08. The molecule has 112 valence electrons. The van der Waals surface area contributed by atoms with Crippen molar-refractivity contribution in [1.29, 1.82) is 0 Å². The highest BCUT2D eigenvalue weighted by molar-refractivity contribution is 7.89. The van der Waals surface area contributed by atoms with Crippen molar-refractivity contribution < 1.29 is 18.3 Å². The maximum atomic E-state index is 12.3. The fourth-order valence-corrected chi connectivity index (χ4v) is 3.90. The van der Waals surface area contributed by atoms with Crippen LogP contribution in [0.25, 0.3) is 0 Å². The number of hydrogen-bond donors (Lipinski definition) is 2. The van der Waals surface area contributed by atoms with Gasteiger partial charge in [0.1, 0.15) is 10.4 Å². The first-order valence-electron chi connectivity index (χ1n) is 5.85. The molecule has 0 bridgehead atoms. The van der Waals surface area contributed by atoms with Gasteiger partial charge in [0.25, 0.3) is 0 Å². The van der Waals surface area contributed by atoms with Gasteiger partial charge in [-0.1, -0.05) is 42.6 Å². The van der Waals surface area contributed by atoms with E-state index >= 15 is 0 Å². The molecule has 8 heteroatoms. The van der Waals surface area contributed by atoms with Crippen LogP contribution in [0.4, 0.5) is 0 Å². The normalized spacial score (nSPS) is 14.8. The maximum absolute atomic E-state index is 12.3. The number of carboxylic acid groups (broad SMARTS) is 1. The van der Waals surface area contributed by atoms with Crippen molar-refractivity contribution in [3.8, 4) is 0 Å². The summed E-state index contributed by atoms with van der Waals surface area (Å²) >= 11 is 11.6. The van der Waals surface area contributed by atoms with Crippen molar-refractivity contribution in [1.82, 2.24) is 4.72 Å². The highest BCUT2D eigenvalue weighted by atomic mass is 35.5. The number of sulfonamides is 1. The van der Waals surface area contributed by atoms with E-state index in [9.17, 15) is 18.3 Å². The third kappa shape index (κ3) is 3.63. The van der Waals surface area contributed by atoms with E-state index in [2.05, 4.69) is 4.72 Å². The van der Waals surface area contributed by atoms with Crippen LogP contribution in [0.1, 0.15) is 26.7 Å². The number of aliphatic carboxylic acids is 1. The number of carboxylic acids is 1. The lowest BCUT2D eigenvalue weighted by Gasteiger charge is -2.25. The number of carbonyl (C=O) groups is 1. The summed E-state index contributed by atoms with van der Waals surface area (Å²) in [5.74, 6) is -1.25. The molecule has 1 unspecified atom stereocenters. The van der Waals surface area contributed by atoms with Crippen LogP contribution >= 0.6 is 23.2 Å². The van der Waals surface area contributed by atoms with Gasteiger partial charge in [-0.3, -0.25) is 4.79 Å². The largest absolute Gasteiger partial charge is 0.480 e. The number of rotatable bonds is 6. The molecule has 20 heavy (non-hydrogen) atoms. The zero-order chi connectivity index (χ0) is 15.6. The average molecular weight is 340 g/mol. The summed E-state index contributed by atoms with van der Waals surface area (Å²) in [6, 6.07) is 4.15. The first kappa shape index (κ1) is 17.2. The van der Waals surface area contributed by atoms with Gasteiger partial charge in [-0.05, 0) is 25.5 Å². The molecule has 1 atom stereocenters. The van der Waals surface area contributed by atoms with E-state index in [4.69, 9.17) is 23.2 Å². The van der Waals surface area contributed by atoms with E-state index in [1.54, 1.807) is 6.92 Å². The third-order valence-electron chi connectivity index (χ3n) is 2.79. The monoisotopic (exact) mass is 339 g/mol. The first-order valence-corrected chi connectivity index (χ1v) is 8.09. The fourth-order valence-electron chi connectivity index (χ4n) is 1.74. The molecule has 0 fully saturated rings. The Kier molecular flexibility index (Phi) is 5.43. The van der Waals surface area contributed by atoms with Crippen LogP contribution in [0.2, 0.25) is 10.0 Å². The van der Waals surface area contributed by atoms with E-state index in [1.807, 2.05) is 0 Å². The maximum Gasteiger partial charge on any atom is 0.324 e. The van der Waals surface area contributed by atoms with Crippen molar-refractivity contribution in [2.24, 2.45) is 0 Å². The second-order valence-electron chi connectivity index (χ2n) is 4.54. The minimum atomic E-state index is -4.09. The lowest BCUT2D eigenvalue weighted by Crippen LogP contribution is -2.51. The topological polar surface area (TPSA) is 83.5 Å². The van der Waals surface area contributed by atoms with Crippen molar-refractivity contribution >= 4 is 39.2 Å². The Balaban J connectivity index is 3.24. The molecular weight excluding hydrogens is 325 g/mol. The summed E-state index contributed by atoms with van der Waals surface area (Å²) in [7, 11) is -4.09. The second-order valence-corrected chi connectivity index (χ2v) is 6.98. The van der Waals surface area contributed by atoms with Gasteiger partial charge in [0.15, 0.2) is 0 Å². The first-order chi connectivity index (χ1) is 9.14. The van der Waals surface area contributed by atoms with E-state index in [0.717, 1.165) is 0 Å². The highest BCUT2D eigenvalue weighted by Crippen LogP contribution is 2.30. The zero-order valence-corrected chi connectivity index (χ0v) is 13.3. The third-order valence-corrected chi connectivity index (χ3v) is 5.36. The molecule has 0 amide bonds. The van der Waals surface area contributed by atoms with Crippen LogP contribution in [-0.4, -0.2) is 25.0 Å². The quantitative estimate of drug-likeness (QED) is 0.834. The van der Waals surface area contributed by atoms with Crippen LogP contribution in [0.5, 0.6) is 0 Å². The molecular formula is C12H15Cl2NO4S. The molecule has 0 aromatic heterocycles. The molecule has 0 spiro atoms. The van der Waals surface area contributed by atoms with E-state index < -0.39 is 21.5 Å². The van der Waals surface area contributed by atoms with Gasteiger partial charge in [0.05, 0.1) is 10.0 Å². The Bertz CT molecular complexity index is 618. The molecule has 0 aliphatic carbocycles. The lowest BCUT2D eigenvalue weighted by molar-refractivity contribution is -0.143. The molecule has 1 aromatic rings. The number of nitrogens with one attached hydrogen (secondary N) is 1. The van der Waals surface area contributed by atoms with Gasteiger partial charge >= 0.3 is 5.97 Å². The van der Waals surface area contributed by atoms with Crippen molar-refractivity contribution in [3.05, 3.63) is 28.2 Å². The molecule has 0 aliphatic rings. The van der Waals surface area contributed by atoms with Crippen molar-refractivity contribution in [2.45, 2.75) is 37.1 Å². The van der Waals surface area contributed by atoms with Gasteiger partial charge < -0.3 is 5.11 Å². The standard InChI is InChI=1S/C12H15Cl2NO4S/c1-3-7-12(2,11(16)17)15-20(18,19)9-6-4-5-8(13)10(9)14/h4-6,15H,3,7H2,1-2H3,(H,16,17). The van der Waals surface area contributed by atoms with Crippen LogP contribution < -0.4 is 4.72 Å². The predicted molar refractivity (Wildman–Crippen MR) is 77.7 cm³/mol. The van der Waals surface area contributed by atoms with Crippen molar-refractivity contribution in [2.75, 3.05) is 0 Å². The minimum Gasteiger partial charge on any atom is -0.480 e. The Morgan fingerprint density at radius 3 is 2.50 bits per heavy atom. The minimum absolute atomic E-state index is 0.0852. The molecule has 2 N–H and O–H groups in total. The van der Waals surface area contributed by atoms with Crippen LogP contribution in [-0.2, 0) is 14.8 Å². The van der Waals surface area contributed by atoms with E-state index in [1.165, 1.54) is 25.1 Å².